The van der Waals surface area contributed by atoms with Gasteiger partial charge in [0.2, 0.25) is 0 Å². The number of carbonyl (C=O) groups excluding carboxylic acids is 1. The van der Waals surface area contributed by atoms with Gasteiger partial charge in [0, 0.05) is 18.7 Å². The molecule has 0 bridgehead atoms. The molecule has 0 radical (unpaired) electrons. The van der Waals surface area contributed by atoms with E-state index in [4.69, 9.17) is 14.0 Å². The molecule has 0 aliphatic carbocycles. The lowest BCUT2D eigenvalue weighted by atomic mass is 10.1. The minimum absolute atomic E-state index is 0.142. The molecule has 0 fully saturated rings. The number of rotatable bonds is 7. The van der Waals surface area contributed by atoms with Crippen molar-refractivity contribution in [2.24, 2.45) is 0 Å². The number of carbonyl (C=O) groups is 1. The van der Waals surface area contributed by atoms with Gasteiger partial charge in [-0.1, -0.05) is 12.1 Å². The van der Waals surface area contributed by atoms with Crippen LogP contribution in [0.15, 0.2) is 27.2 Å². The van der Waals surface area contributed by atoms with Crippen LogP contribution < -0.4 is 9.47 Å². The van der Waals surface area contributed by atoms with Gasteiger partial charge in [0.25, 0.3) is 5.91 Å². The Labute approximate surface area is 149 Å². The van der Waals surface area contributed by atoms with Gasteiger partial charge in [-0.25, -0.2) is 0 Å². The minimum atomic E-state index is -0.142. The van der Waals surface area contributed by atoms with Crippen molar-refractivity contribution in [2.45, 2.75) is 26.8 Å². The molecule has 0 aliphatic rings. The number of ether oxygens (including phenoxy) is 2. The maximum atomic E-state index is 12.7. The Balaban J connectivity index is 2.20. The monoisotopic (exact) mass is 396 g/mol. The second kappa shape index (κ2) is 8.19. The summed E-state index contributed by atoms with van der Waals surface area (Å²) in [4.78, 5) is 14.2. The zero-order valence-electron chi connectivity index (χ0n) is 14.3. The van der Waals surface area contributed by atoms with Crippen LogP contribution in [0.25, 0.3) is 0 Å². The largest absolute Gasteiger partial charge is 0.493 e. The molecular weight excluding hydrogens is 376 g/mol. The molecule has 130 valence electrons. The van der Waals surface area contributed by atoms with Gasteiger partial charge in [0.1, 0.15) is 11.5 Å². The molecular formula is C17H21BrN2O4. The first-order chi connectivity index (χ1) is 11.5. The smallest absolute Gasteiger partial charge is 0.254 e. The number of amides is 1. The maximum Gasteiger partial charge on any atom is 0.254 e. The number of benzene rings is 1. The highest BCUT2D eigenvalue weighted by molar-refractivity contribution is 9.10. The molecule has 0 atom stereocenters. The van der Waals surface area contributed by atoms with E-state index in [1.807, 2.05) is 19.9 Å². The summed E-state index contributed by atoms with van der Waals surface area (Å²) in [5.74, 6) is 1.70. The first-order valence-electron chi connectivity index (χ1n) is 7.64. The van der Waals surface area contributed by atoms with Gasteiger partial charge < -0.3 is 18.9 Å². The molecule has 1 amide bonds. The average molecular weight is 397 g/mol. The quantitative estimate of drug-likeness (QED) is 0.711. The van der Waals surface area contributed by atoms with Crippen LogP contribution in [0.1, 0.15) is 35.2 Å². The van der Waals surface area contributed by atoms with Crippen LogP contribution >= 0.6 is 15.9 Å². The Hall–Kier alpha value is -2.02. The summed E-state index contributed by atoms with van der Waals surface area (Å²) < 4.78 is 16.8. The first-order valence-corrected chi connectivity index (χ1v) is 8.43. The summed E-state index contributed by atoms with van der Waals surface area (Å²) in [5, 5.41) is 3.91. The minimum Gasteiger partial charge on any atom is -0.493 e. The van der Waals surface area contributed by atoms with E-state index in [0.29, 0.717) is 46.1 Å². The molecule has 1 heterocycles. The highest BCUT2D eigenvalue weighted by Gasteiger charge is 2.19. The summed E-state index contributed by atoms with van der Waals surface area (Å²) >= 11 is 3.45. The Kier molecular flexibility index (Phi) is 6.25. The molecule has 1 aromatic carbocycles. The van der Waals surface area contributed by atoms with Crippen molar-refractivity contribution in [3.8, 4) is 11.5 Å². The average Bonchev–Trinajstić information content (AvgIpc) is 2.97. The Morgan fingerprint density at radius 1 is 1.38 bits per heavy atom. The number of aryl methyl sites for hydroxylation is 1. The highest BCUT2D eigenvalue weighted by atomic mass is 79.9. The van der Waals surface area contributed by atoms with Gasteiger partial charge in [-0.3, -0.25) is 4.79 Å². The predicted molar refractivity (Wildman–Crippen MR) is 93.5 cm³/mol. The molecule has 0 aliphatic heterocycles. The van der Waals surface area contributed by atoms with Crippen LogP contribution in [-0.2, 0) is 6.54 Å². The van der Waals surface area contributed by atoms with Crippen LogP contribution in [0.4, 0.5) is 0 Å². The van der Waals surface area contributed by atoms with Gasteiger partial charge >= 0.3 is 0 Å². The van der Waals surface area contributed by atoms with Gasteiger partial charge in [-0.2, -0.15) is 0 Å². The second-order valence-corrected chi connectivity index (χ2v) is 6.28. The van der Waals surface area contributed by atoms with Gasteiger partial charge in [0.15, 0.2) is 11.5 Å². The topological polar surface area (TPSA) is 64.8 Å². The van der Waals surface area contributed by atoms with Crippen molar-refractivity contribution in [1.29, 1.82) is 0 Å². The van der Waals surface area contributed by atoms with E-state index < -0.39 is 0 Å². The zero-order chi connectivity index (χ0) is 17.7. The summed E-state index contributed by atoms with van der Waals surface area (Å²) in [5.41, 5.74) is 1.21. The summed E-state index contributed by atoms with van der Waals surface area (Å²) in [6.07, 6.45) is 0.885. The molecule has 0 saturated carbocycles. The summed E-state index contributed by atoms with van der Waals surface area (Å²) in [6, 6.07) is 5.23. The molecule has 7 heteroatoms. The Morgan fingerprint density at radius 3 is 2.71 bits per heavy atom. The van der Waals surface area contributed by atoms with Crippen molar-refractivity contribution in [1.82, 2.24) is 10.1 Å². The maximum absolute atomic E-state index is 12.7. The van der Waals surface area contributed by atoms with Crippen molar-refractivity contribution >= 4 is 21.8 Å². The van der Waals surface area contributed by atoms with Crippen LogP contribution in [0.5, 0.6) is 11.5 Å². The van der Waals surface area contributed by atoms with Crippen molar-refractivity contribution < 1.29 is 18.8 Å². The second-order valence-electron chi connectivity index (χ2n) is 5.43. The van der Waals surface area contributed by atoms with E-state index in [1.54, 1.807) is 31.2 Å². The fraction of sp³-hybridized carbons (Fsp3) is 0.412. The molecule has 0 unspecified atom stereocenters. The third kappa shape index (κ3) is 4.29. The highest BCUT2D eigenvalue weighted by Crippen LogP contribution is 2.37. The van der Waals surface area contributed by atoms with E-state index in [2.05, 4.69) is 21.1 Å². The molecule has 0 spiro atoms. The summed E-state index contributed by atoms with van der Waals surface area (Å²) in [6.45, 7) is 4.78. The number of halogens is 1. The molecule has 0 N–H and O–H groups in total. The molecule has 2 rings (SSSR count). The molecule has 0 saturated heterocycles. The lowest BCUT2D eigenvalue weighted by Gasteiger charge is -2.18. The van der Waals surface area contributed by atoms with Gasteiger partial charge in [-0.05, 0) is 41.4 Å². The van der Waals surface area contributed by atoms with Crippen LogP contribution in [0, 0.1) is 6.92 Å². The van der Waals surface area contributed by atoms with Gasteiger partial charge in [-0.15, -0.1) is 0 Å². The number of aromatic nitrogens is 1. The van der Waals surface area contributed by atoms with Crippen LogP contribution in [0.3, 0.4) is 0 Å². The third-order valence-corrected chi connectivity index (χ3v) is 3.94. The summed E-state index contributed by atoms with van der Waals surface area (Å²) in [7, 11) is 3.27. The van der Waals surface area contributed by atoms with Crippen molar-refractivity contribution in [3.05, 3.63) is 39.7 Å². The number of hydrogen-bond donors (Lipinski definition) is 0. The molecule has 6 nitrogen and oxygen atoms in total. The van der Waals surface area contributed by atoms with Crippen LogP contribution in [0.2, 0.25) is 0 Å². The Morgan fingerprint density at radius 2 is 2.12 bits per heavy atom. The fourth-order valence-electron chi connectivity index (χ4n) is 2.22. The Bertz CT molecular complexity index is 715. The van der Waals surface area contributed by atoms with E-state index >= 15 is 0 Å². The number of hydrogen-bond acceptors (Lipinski definition) is 5. The van der Waals surface area contributed by atoms with E-state index in [-0.39, 0.29) is 5.91 Å². The molecule has 2 aromatic rings. The molecule has 1 aromatic heterocycles. The van der Waals surface area contributed by atoms with Crippen LogP contribution in [-0.4, -0.2) is 36.7 Å². The van der Waals surface area contributed by atoms with Crippen molar-refractivity contribution in [3.63, 3.8) is 0 Å². The fourth-order valence-corrected chi connectivity index (χ4v) is 2.77. The lowest BCUT2D eigenvalue weighted by molar-refractivity contribution is 0.0781. The van der Waals surface area contributed by atoms with E-state index in [0.717, 1.165) is 6.42 Å². The normalized spacial score (nSPS) is 10.5. The lowest BCUT2D eigenvalue weighted by Crippen LogP contribution is -2.26. The third-order valence-electron chi connectivity index (χ3n) is 3.35. The number of methoxy groups -OCH3 is 1. The van der Waals surface area contributed by atoms with Gasteiger partial charge in [0.05, 0.1) is 24.7 Å². The van der Waals surface area contributed by atoms with E-state index in [1.165, 1.54) is 0 Å². The van der Waals surface area contributed by atoms with Crippen molar-refractivity contribution in [2.75, 3.05) is 20.8 Å². The zero-order valence-corrected chi connectivity index (χ0v) is 15.8. The predicted octanol–water partition coefficient (Wildman–Crippen LogP) is 3.82. The first kappa shape index (κ1) is 18.3. The standard InChI is InChI=1S/C17H21BrN2O4/c1-5-6-23-16-14(18)8-12(9-15(16)22-4)17(21)20(3)10-13-7-11(2)24-19-13/h7-9H,5-6,10H2,1-4H3. The number of nitrogens with zero attached hydrogens (tertiary/aromatic N) is 2. The van der Waals surface area contributed by atoms with E-state index in [9.17, 15) is 4.79 Å². The molecule has 24 heavy (non-hydrogen) atoms. The SMILES string of the molecule is CCCOc1c(Br)cc(C(=O)N(C)Cc2cc(C)on2)cc1OC.